The van der Waals surface area contributed by atoms with Gasteiger partial charge in [0, 0.05) is 39.5 Å². The fourth-order valence-corrected chi connectivity index (χ4v) is 3.30. The second-order valence-electron chi connectivity index (χ2n) is 7.11. The van der Waals surface area contributed by atoms with Gasteiger partial charge in [0.1, 0.15) is 5.41 Å². The van der Waals surface area contributed by atoms with E-state index in [-0.39, 0.29) is 11.8 Å². The monoisotopic (exact) mass is 326 g/mol. The average molecular weight is 326 g/mol. The van der Waals surface area contributed by atoms with Gasteiger partial charge >= 0.3 is 0 Å². The number of rotatable bonds is 5. The quantitative estimate of drug-likeness (QED) is 0.721. The van der Waals surface area contributed by atoms with E-state index in [1.165, 1.54) is 0 Å². The molecular formula is C17H30N2O4. The van der Waals surface area contributed by atoms with Crippen LogP contribution in [0.2, 0.25) is 0 Å². The Labute approximate surface area is 139 Å². The van der Waals surface area contributed by atoms with Crippen molar-refractivity contribution in [2.75, 3.05) is 39.9 Å². The Kier molecular flexibility index (Phi) is 5.68. The van der Waals surface area contributed by atoms with Gasteiger partial charge in [0.25, 0.3) is 0 Å². The smallest absolute Gasteiger partial charge is 0.237 e. The summed E-state index contributed by atoms with van der Waals surface area (Å²) in [7, 11) is 1.78. The maximum absolute atomic E-state index is 12.8. The highest BCUT2D eigenvalue weighted by atomic mass is 16.7. The molecule has 6 nitrogen and oxygen atoms in total. The second kappa shape index (κ2) is 7.18. The number of carbonyl (C=O) groups excluding carboxylic acids is 2. The SMILES string of the molecule is CCCCN(C)C(=O)C(C)(C)C(=O)N1CCC2(CC1)OCCO2. The Morgan fingerprint density at radius 1 is 1.17 bits per heavy atom. The molecule has 2 saturated heterocycles. The number of nitrogens with zero attached hydrogens (tertiary/aromatic N) is 2. The van der Waals surface area contributed by atoms with Gasteiger partial charge in [-0.1, -0.05) is 13.3 Å². The Morgan fingerprint density at radius 3 is 2.26 bits per heavy atom. The molecule has 132 valence electrons. The fraction of sp³-hybridized carbons (Fsp3) is 0.882. The van der Waals surface area contributed by atoms with Crippen LogP contribution in [-0.4, -0.2) is 67.3 Å². The first kappa shape index (κ1) is 18.2. The molecular weight excluding hydrogens is 296 g/mol. The number of likely N-dealkylation sites (tertiary alicyclic amines) is 1. The summed E-state index contributed by atoms with van der Waals surface area (Å²) < 4.78 is 11.4. The van der Waals surface area contributed by atoms with Crippen LogP contribution in [0.3, 0.4) is 0 Å². The summed E-state index contributed by atoms with van der Waals surface area (Å²) in [5, 5.41) is 0. The second-order valence-corrected chi connectivity index (χ2v) is 7.11. The van der Waals surface area contributed by atoms with Gasteiger partial charge in [0.05, 0.1) is 13.2 Å². The van der Waals surface area contributed by atoms with Gasteiger partial charge in [0.2, 0.25) is 11.8 Å². The first-order valence-electron chi connectivity index (χ1n) is 8.65. The molecule has 2 rings (SSSR count). The minimum atomic E-state index is -1.02. The average Bonchev–Trinajstić information content (AvgIpc) is 3.00. The molecule has 0 aromatic heterocycles. The highest BCUT2D eigenvalue weighted by Crippen LogP contribution is 2.33. The number of hydrogen-bond acceptors (Lipinski definition) is 4. The number of ether oxygens (including phenoxy) is 2. The van der Waals surface area contributed by atoms with Gasteiger partial charge < -0.3 is 19.3 Å². The van der Waals surface area contributed by atoms with Crippen LogP contribution in [-0.2, 0) is 19.1 Å². The van der Waals surface area contributed by atoms with Gasteiger partial charge in [-0.15, -0.1) is 0 Å². The first-order valence-corrected chi connectivity index (χ1v) is 8.65. The minimum Gasteiger partial charge on any atom is -0.347 e. The predicted molar refractivity (Wildman–Crippen MR) is 86.8 cm³/mol. The third kappa shape index (κ3) is 3.86. The third-order valence-electron chi connectivity index (χ3n) is 4.89. The zero-order valence-electron chi connectivity index (χ0n) is 14.9. The zero-order valence-corrected chi connectivity index (χ0v) is 14.9. The van der Waals surface area contributed by atoms with E-state index < -0.39 is 11.2 Å². The van der Waals surface area contributed by atoms with Crippen molar-refractivity contribution in [1.29, 1.82) is 0 Å². The molecule has 1 spiro atoms. The van der Waals surface area contributed by atoms with Crippen LogP contribution in [0, 0.1) is 5.41 Å². The van der Waals surface area contributed by atoms with Crippen LogP contribution in [0.1, 0.15) is 46.5 Å². The van der Waals surface area contributed by atoms with Crippen LogP contribution in [0.25, 0.3) is 0 Å². The molecule has 0 saturated carbocycles. The van der Waals surface area contributed by atoms with Crippen molar-refractivity contribution in [3.05, 3.63) is 0 Å². The molecule has 6 heteroatoms. The molecule has 2 aliphatic heterocycles. The largest absolute Gasteiger partial charge is 0.347 e. The van der Waals surface area contributed by atoms with E-state index in [1.807, 2.05) is 0 Å². The number of piperidine rings is 1. The van der Waals surface area contributed by atoms with E-state index in [4.69, 9.17) is 9.47 Å². The first-order chi connectivity index (χ1) is 10.8. The molecule has 2 heterocycles. The normalized spacial score (nSPS) is 20.8. The number of carbonyl (C=O) groups is 2. The molecule has 0 unspecified atom stereocenters. The van der Waals surface area contributed by atoms with Crippen molar-refractivity contribution in [2.45, 2.75) is 52.2 Å². The van der Waals surface area contributed by atoms with Crippen LogP contribution in [0.4, 0.5) is 0 Å². The summed E-state index contributed by atoms with van der Waals surface area (Å²) in [6.07, 6.45) is 3.33. The fourth-order valence-electron chi connectivity index (χ4n) is 3.30. The Balaban J connectivity index is 1.94. The van der Waals surface area contributed by atoms with Gasteiger partial charge in [-0.2, -0.15) is 0 Å². The molecule has 0 atom stereocenters. The summed E-state index contributed by atoms with van der Waals surface area (Å²) in [4.78, 5) is 28.9. The molecule has 0 bridgehead atoms. The minimum absolute atomic E-state index is 0.0984. The lowest BCUT2D eigenvalue weighted by molar-refractivity contribution is -0.190. The Hall–Kier alpha value is -1.14. The number of amides is 2. The van der Waals surface area contributed by atoms with Crippen molar-refractivity contribution in [1.82, 2.24) is 9.80 Å². The van der Waals surface area contributed by atoms with Gasteiger partial charge in [-0.25, -0.2) is 0 Å². The highest BCUT2D eigenvalue weighted by Gasteiger charge is 2.45. The van der Waals surface area contributed by atoms with E-state index in [0.29, 0.717) is 45.7 Å². The van der Waals surface area contributed by atoms with Crippen molar-refractivity contribution < 1.29 is 19.1 Å². The lowest BCUT2D eigenvalue weighted by Crippen LogP contribution is -2.54. The molecule has 2 fully saturated rings. The van der Waals surface area contributed by atoms with Gasteiger partial charge in [-0.05, 0) is 20.3 Å². The van der Waals surface area contributed by atoms with Crippen LogP contribution in [0.5, 0.6) is 0 Å². The maximum atomic E-state index is 12.8. The summed E-state index contributed by atoms with van der Waals surface area (Å²) in [6.45, 7) is 8.64. The van der Waals surface area contributed by atoms with Crippen LogP contribution in [0.15, 0.2) is 0 Å². The van der Waals surface area contributed by atoms with E-state index in [1.54, 1.807) is 30.7 Å². The molecule has 0 N–H and O–H groups in total. The molecule has 2 amide bonds. The highest BCUT2D eigenvalue weighted by molar-refractivity contribution is 6.04. The van der Waals surface area contributed by atoms with E-state index in [9.17, 15) is 9.59 Å². The van der Waals surface area contributed by atoms with E-state index >= 15 is 0 Å². The molecule has 23 heavy (non-hydrogen) atoms. The molecule has 2 aliphatic rings. The van der Waals surface area contributed by atoms with Gasteiger partial charge in [0.15, 0.2) is 5.79 Å². The predicted octanol–water partition coefficient (Wildman–Crippen LogP) is 1.64. The number of hydrogen-bond donors (Lipinski definition) is 0. The number of unbranched alkanes of at least 4 members (excludes halogenated alkanes) is 1. The maximum Gasteiger partial charge on any atom is 0.237 e. The standard InChI is InChI=1S/C17H30N2O4/c1-5-6-9-18(4)14(20)16(2,3)15(21)19-10-7-17(8-11-19)22-12-13-23-17/h5-13H2,1-4H3. The molecule has 0 aliphatic carbocycles. The molecule has 0 radical (unpaired) electrons. The van der Waals surface area contributed by atoms with Crippen molar-refractivity contribution in [2.24, 2.45) is 5.41 Å². The Bertz CT molecular complexity index is 434. The molecule has 0 aromatic rings. The van der Waals surface area contributed by atoms with E-state index in [2.05, 4.69) is 6.92 Å². The third-order valence-corrected chi connectivity index (χ3v) is 4.89. The lowest BCUT2D eigenvalue weighted by atomic mass is 9.88. The summed E-state index contributed by atoms with van der Waals surface area (Å²) in [5.74, 6) is -0.702. The Morgan fingerprint density at radius 2 is 1.74 bits per heavy atom. The van der Waals surface area contributed by atoms with Crippen molar-refractivity contribution in [3.63, 3.8) is 0 Å². The summed E-state index contributed by atoms with van der Waals surface area (Å²) >= 11 is 0. The topological polar surface area (TPSA) is 59.1 Å². The summed E-state index contributed by atoms with van der Waals surface area (Å²) in [6, 6.07) is 0. The molecule has 0 aromatic carbocycles. The van der Waals surface area contributed by atoms with Gasteiger partial charge in [-0.3, -0.25) is 9.59 Å². The van der Waals surface area contributed by atoms with Crippen LogP contribution >= 0.6 is 0 Å². The van der Waals surface area contributed by atoms with Crippen molar-refractivity contribution >= 4 is 11.8 Å². The zero-order chi connectivity index (χ0) is 17.1. The lowest BCUT2D eigenvalue weighted by Gasteiger charge is -2.40. The van der Waals surface area contributed by atoms with Crippen LogP contribution < -0.4 is 0 Å². The summed E-state index contributed by atoms with van der Waals surface area (Å²) in [5.41, 5.74) is -1.02. The van der Waals surface area contributed by atoms with Crippen molar-refractivity contribution in [3.8, 4) is 0 Å². The van der Waals surface area contributed by atoms with E-state index in [0.717, 1.165) is 12.8 Å².